The minimum atomic E-state index is -0.0914. The van der Waals surface area contributed by atoms with Crippen LogP contribution >= 0.6 is 11.3 Å². The molecule has 1 saturated heterocycles. The van der Waals surface area contributed by atoms with Crippen LogP contribution in [-0.2, 0) is 0 Å². The normalized spacial score (nSPS) is 17.9. The summed E-state index contributed by atoms with van der Waals surface area (Å²) in [5.74, 6) is 1.35. The molecule has 2 aromatic heterocycles. The SMILES string of the molecule is COc1ccc(C(=O)NCC2CCCCN2C(C)(C)C)c2nc(-c3cccs3)[nH]c12. The van der Waals surface area contributed by atoms with E-state index in [2.05, 4.69) is 36.0 Å². The van der Waals surface area contributed by atoms with Gasteiger partial charge in [-0.25, -0.2) is 4.98 Å². The molecule has 6 nitrogen and oxygen atoms in total. The van der Waals surface area contributed by atoms with Gasteiger partial charge in [-0.3, -0.25) is 9.69 Å². The largest absolute Gasteiger partial charge is 0.494 e. The standard InChI is InChI=1S/C23H30N4O2S/c1-23(2,3)27-12-6-5-8-15(27)14-24-22(28)16-10-11-17(29-4)20-19(16)25-21(26-20)18-9-7-13-30-18/h7,9-11,13,15H,5-6,8,12,14H2,1-4H3,(H,24,28)(H,25,26). The van der Waals surface area contributed by atoms with Crippen molar-refractivity contribution in [3.05, 3.63) is 35.2 Å². The van der Waals surface area contributed by atoms with E-state index in [1.165, 1.54) is 12.8 Å². The van der Waals surface area contributed by atoms with E-state index < -0.39 is 0 Å². The summed E-state index contributed by atoms with van der Waals surface area (Å²) in [6.07, 6.45) is 3.55. The Morgan fingerprint density at radius 2 is 2.17 bits per heavy atom. The summed E-state index contributed by atoms with van der Waals surface area (Å²) in [4.78, 5) is 24.7. The topological polar surface area (TPSA) is 70.2 Å². The number of carbonyl (C=O) groups excluding carboxylic acids is 1. The highest BCUT2D eigenvalue weighted by molar-refractivity contribution is 7.13. The average molecular weight is 427 g/mol. The third-order valence-corrected chi connectivity index (χ3v) is 6.69. The predicted octanol–water partition coefficient (Wildman–Crippen LogP) is 4.68. The molecule has 1 aliphatic rings. The number of hydrogen-bond donors (Lipinski definition) is 2. The van der Waals surface area contributed by atoms with E-state index in [4.69, 9.17) is 9.72 Å². The highest BCUT2D eigenvalue weighted by Gasteiger charge is 2.31. The lowest BCUT2D eigenvalue weighted by Gasteiger charge is -2.44. The van der Waals surface area contributed by atoms with Gasteiger partial charge in [-0.15, -0.1) is 11.3 Å². The zero-order valence-corrected chi connectivity index (χ0v) is 18.9. The summed E-state index contributed by atoms with van der Waals surface area (Å²) >= 11 is 1.61. The van der Waals surface area contributed by atoms with E-state index in [9.17, 15) is 4.79 Å². The van der Waals surface area contributed by atoms with Crippen molar-refractivity contribution < 1.29 is 9.53 Å². The Morgan fingerprint density at radius 1 is 1.33 bits per heavy atom. The van der Waals surface area contributed by atoms with Gasteiger partial charge in [-0.05, 0) is 63.7 Å². The molecule has 0 aliphatic carbocycles. The first kappa shape index (κ1) is 20.9. The summed E-state index contributed by atoms with van der Waals surface area (Å²) in [6, 6.07) is 7.99. The first-order valence-corrected chi connectivity index (χ1v) is 11.4. The summed E-state index contributed by atoms with van der Waals surface area (Å²) in [6.45, 7) is 8.47. The maximum atomic E-state index is 13.1. The van der Waals surface area contributed by atoms with Crippen LogP contribution in [0.1, 0.15) is 50.4 Å². The molecular formula is C23H30N4O2S. The molecule has 1 fully saturated rings. The molecule has 2 N–H and O–H groups in total. The Hall–Kier alpha value is -2.38. The second-order valence-corrected chi connectivity index (χ2v) is 9.77. The van der Waals surface area contributed by atoms with E-state index in [1.807, 2.05) is 23.6 Å². The van der Waals surface area contributed by atoms with Gasteiger partial charge >= 0.3 is 0 Å². The molecule has 7 heteroatoms. The number of benzene rings is 1. The number of piperidine rings is 1. The van der Waals surface area contributed by atoms with Crippen LogP contribution < -0.4 is 10.1 Å². The first-order chi connectivity index (χ1) is 14.4. The van der Waals surface area contributed by atoms with Crippen LogP contribution in [0.25, 0.3) is 21.7 Å². The molecule has 1 aromatic carbocycles. The number of likely N-dealkylation sites (tertiary alicyclic amines) is 1. The van der Waals surface area contributed by atoms with Crippen LogP contribution in [0.5, 0.6) is 5.75 Å². The summed E-state index contributed by atoms with van der Waals surface area (Å²) in [5.41, 5.74) is 2.07. The first-order valence-electron chi connectivity index (χ1n) is 10.5. The van der Waals surface area contributed by atoms with Gasteiger partial charge in [-0.1, -0.05) is 12.5 Å². The van der Waals surface area contributed by atoms with E-state index in [0.29, 0.717) is 29.4 Å². The predicted molar refractivity (Wildman–Crippen MR) is 122 cm³/mol. The van der Waals surface area contributed by atoms with E-state index in [1.54, 1.807) is 24.5 Å². The van der Waals surface area contributed by atoms with Crippen LogP contribution in [0, 0.1) is 0 Å². The lowest BCUT2D eigenvalue weighted by molar-refractivity contribution is 0.0498. The molecular weight excluding hydrogens is 396 g/mol. The maximum Gasteiger partial charge on any atom is 0.253 e. The molecule has 0 saturated carbocycles. The summed E-state index contributed by atoms with van der Waals surface area (Å²) < 4.78 is 5.49. The van der Waals surface area contributed by atoms with Gasteiger partial charge in [0.15, 0.2) is 0 Å². The Morgan fingerprint density at radius 3 is 2.87 bits per heavy atom. The number of nitrogens with one attached hydrogen (secondary N) is 2. The molecule has 1 amide bonds. The second kappa shape index (κ2) is 8.40. The van der Waals surface area contributed by atoms with Crippen molar-refractivity contribution in [2.45, 2.75) is 51.6 Å². The van der Waals surface area contributed by atoms with Crippen LogP contribution in [0.3, 0.4) is 0 Å². The zero-order valence-electron chi connectivity index (χ0n) is 18.1. The lowest BCUT2D eigenvalue weighted by atomic mass is 9.94. The molecule has 4 rings (SSSR count). The van der Waals surface area contributed by atoms with Gasteiger partial charge in [-0.2, -0.15) is 0 Å². The van der Waals surface area contributed by atoms with Crippen LogP contribution in [0.4, 0.5) is 0 Å². The number of nitrogens with zero attached hydrogens (tertiary/aromatic N) is 2. The Labute approximate surface area is 181 Å². The lowest BCUT2D eigenvalue weighted by Crippen LogP contribution is -2.54. The maximum absolute atomic E-state index is 13.1. The number of imidazole rings is 1. The monoisotopic (exact) mass is 426 g/mol. The molecule has 0 bridgehead atoms. The number of amides is 1. The molecule has 3 aromatic rings. The van der Waals surface area contributed by atoms with Crippen molar-refractivity contribution in [1.82, 2.24) is 20.2 Å². The fraction of sp³-hybridized carbons (Fsp3) is 0.478. The van der Waals surface area contributed by atoms with Gasteiger partial charge in [0.05, 0.1) is 17.6 Å². The molecule has 1 atom stereocenters. The van der Waals surface area contributed by atoms with Crippen molar-refractivity contribution in [1.29, 1.82) is 0 Å². The smallest absolute Gasteiger partial charge is 0.253 e. The Kier molecular flexibility index (Phi) is 5.84. The van der Waals surface area contributed by atoms with Gasteiger partial charge in [0.25, 0.3) is 5.91 Å². The quantitative estimate of drug-likeness (QED) is 0.621. The van der Waals surface area contributed by atoms with Crippen molar-refractivity contribution in [2.75, 3.05) is 20.2 Å². The van der Waals surface area contributed by atoms with Crippen LogP contribution in [0.2, 0.25) is 0 Å². The molecule has 3 heterocycles. The van der Waals surface area contributed by atoms with Crippen molar-refractivity contribution in [3.63, 3.8) is 0 Å². The van der Waals surface area contributed by atoms with E-state index >= 15 is 0 Å². The van der Waals surface area contributed by atoms with Gasteiger partial charge < -0.3 is 15.0 Å². The number of thiophene rings is 1. The number of hydrogen-bond acceptors (Lipinski definition) is 5. The molecule has 1 aliphatic heterocycles. The zero-order chi connectivity index (χ0) is 21.3. The number of H-pyrrole nitrogens is 1. The average Bonchev–Trinajstić information content (AvgIpc) is 3.40. The van der Waals surface area contributed by atoms with Crippen LogP contribution in [0.15, 0.2) is 29.6 Å². The number of ether oxygens (including phenoxy) is 1. The van der Waals surface area contributed by atoms with Crippen LogP contribution in [-0.4, -0.2) is 52.6 Å². The highest BCUT2D eigenvalue weighted by atomic mass is 32.1. The number of carbonyl (C=O) groups is 1. The fourth-order valence-corrected chi connectivity index (χ4v) is 5.02. The summed E-state index contributed by atoms with van der Waals surface area (Å²) in [5, 5.41) is 5.18. The summed E-state index contributed by atoms with van der Waals surface area (Å²) in [7, 11) is 1.63. The Balaban J connectivity index is 1.58. The van der Waals surface area contributed by atoms with Gasteiger partial charge in [0, 0.05) is 18.1 Å². The third kappa shape index (κ3) is 4.09. The fourth-order valence-electron chi connectivity index (χ4n) is 4.35. The number of methoxy groups -OCH3 is 1. The number of rotatable bonds is 5. The minimum Gasteiger partial charge on any atom is -0.494 e. The molecule has 160 valence electrons. The van der Waals surface area contributed by atoms with E-state index in [-0.39, 0.29) is 11.4 Å². The van der Waals surface area contributed by atoms with Crippen molar-refractivity contribution in [3.8, 4) is 16.5 Å². The highest BCUT2D eigenvalue weighted by Crippen LogP contribution is 2.31. The van der Waals surface area contributed by atoms with Crippen molar-refractivity contribution in [2.24, 2.45) is 0 Å². The molecule has 0 spiro atoms. The van der Waals surface area contributed by atoms with Gasteiger partial charge in [0.1, 0.15) is 22.6 Å². The number of aromatic amines is 1. The number of fused-ring (bicyclic) bond motifs is 1. The number of aromatic nitrogens is 2. The Bertz CT molecular complexity index is 1020. The molecule has 0 radical (unpaired) electrons. The van der Waals surface area contributed by atoms with Crippen molar-refractivity contribution >= 4 is 28.3 Å². The van der Waals surface area contributed by atoms with E-state index in [0.717, 1.165) is 29.2 Å². The third-order valence-electron chi connectivity index (χ3n) is 5.81. The minimum absolute atomic E-state index is 0.0914. The van der Waals surface area contributed by atoms with Gasteiger partial charge in [0.2, 0.25) is 0 Å². The molecule has 1 unspecified atom stereocenters. The second-order valence-electron chi connectivity index (χ2n) is 8.83. The molecule has 30 heavy (non-hydrogen) atoms.